The van der Waals surface area contributed by atoms with Crippen LogP contribution in [0, 0.1) is 5.92 Å². The van der Waals surface area contributed by atoms with E-state index in [0.29, 0.717) is 17.4 Å². The maximum atomic E-state index is 12.2. The van der Waals surface area contributed by atoms with E-state index in [2.05, 4.69) is 28.9 Å². The number of rotatable bonds is 4. The van der Waals surface area contributed by atoms with Gasteiger partial charge in [0.05, 0.1) is 16.8 Å². The van der Waals surface area contributed by atoms with Gasteiger partial charge in [0.1, 0.15) is 0 Å². The van der Waals surface area contributed by atoms with Crippen LogP contribution >= 0.6 is 23.2 Å². The Kier molecular flexibility index (Phi) is 5.16. The fraction of sp³-hybridized carbons (Fsp3) is 0.318. The van der Waals surface area contributed by atoms with Crippen molar-refractivity contribution < 1.29 is 4.79 Å². The molecule has 2 aliphatic rings. The van der Waals surface area contributed by atoms with Crippen LogP contribution in [0.5, 0.6) is 0 Å². The Morgan fingerprint density at radius 2 is 2.11 bits per heavy atom. The van der Waals surface area contributed by atoms with Gasteiger partial charge in [0, 0.05) is 28.6 Å². The number of hydrogen-bond donors (Lipinski definition) is 2. The minimum absolute atomic E-state index is 0.0394. The van der Waals surface area contributed by atoms with Gasteiger partial charge in [-0.15, -0.1) is 0 Å². The highest BCUT2D eigenvalue weighted by atomic mass is 35.5. The monoisotopic (exact) mass is 400 g/mol. The third-order valence-electron chi connectivity index (χ3n) is 5.43. The van der Waals surface area contributed by atoms with Crippen molar-refractivity contribution >= 4 is 40.5 Å². The van der Waals surface area contributed by atoms with Crippen molar-refractivity contribution in [1.82, 2.24) is 0 Å². The van der Waals surface area contributed by atoms with E-state index in [9.17, 15) is 4.79 Å². The Morgan fingerprint density at radius 1 is 1.26 bits per heavy atom. The van der Waals surface area contributed by atoms with E-state index >= 15 is 0 Å². The molecule has 0 spiro atoms. The quantitative estimate of drug-likeness (QED) is 0.570. The number of halogens is 2. The van der Waals surface area contributed by atoms with Crippen molar-refractivity contribution in [1.29, 1.82) is 0 Å². The summed E-state index contributed by atoms with van der Waals surface area (Å²) in [6.45, 7) is 2.00. The highest BCUT2D eigenvalue weighted by molar-refractivity contribution is 6.33. The van der Waals surface area contributed by atoms with Crippen molar-refractivity contribution in [2.45, 2.75) is 38.1 Å². The van der Waals surface area contributed by atoms with E-state index in [1.54, 1.807) is 0 Å². The maximum Gasteiger partial charge on any atom is 0.224 e. The van der Waals surface area contributed by atoms with Crippen LogP contribution in [0.25, 0.3) is 0 Å². The molecule has 0 fully saturated rings. The van der Waals surface area contributed by atoms with E-state index in [1.165, 1.54) is 0 Å². The van der Waals surface area contributed by atoms with Crippen LogP contribution in [-0.2, 0) is 4.79 Å². The summed E-state index contributed by atoms with van der Waals surface area (Å²) in [5.74, 6) is 0.606. The molecule has 2 aromatic rings. The minimum Gasteiger partial charge on any atom is -0.376 e. The molecule has 2 N–H and O–H groups in total. The van der Waals surface area contributed by atoms with Crippen molar-refractivity contribution in [3.8, 4) is 0 Å². The molecule has 0 radical (unpaired) electrons. The first kappa shape index (κ1) is 18.4. The van der Waals surface area contributed by atoms with Gasteiger partial charge < -0.3 is 10.6 Å². The van der Waals surface area contributed by atoms with Crippen LogP contribution in [0.2, 0.25) is 10.0 Å². The molecule has 3 unspecified atom stereocenters. The van der Waals surface area contributed by atoms with Crippen LogP contribution in [0.4, 0.5) is 11.4 Å². The molecule has 2 aromatic carbocycles. The highest BCUT2D eigenvalue weighted by Crippen LogP contribution is 2.53. The SMILES string of the molecule is CCCC(=O)Nc1ccc(Cl)c2c1C1C=CCC1C(c1cccc(Cl)c1)N2. The van der Waals surface area contributed by atoms with Crippen molar-refractivity contribution in [3.63, 3.8) is 0 Å². The van der Waals surface area contributed by atoms with Crippen LogP contribution in [-0.4, -0.2) is 5.91 Å². The highest BCUT2D eigenvalue weighted by Gasteiger charge is 2.40. The molecule has 140 valence electrons. The van der Waals surface area contributed by atoms with Gasteiger partial charge in [0.15, 0.2) is 0 Å². The average molecular weight is 401 g/mol. The second kappa shape index (κ2) is 7.57. The number of carbonyl (C=O) groups is 1. The predicted octanol–water partition coefficient (Wildman–Crippen LogP) is 6.56. The van der Waals surface area contributed by atoms with E-state index < -0.39 is 0 Å². The van der Waals surface area contributed by atoms with Crippen LogP contribution < -0.4 is 10.6 Å². The normalized spacial score (nSPS) is 22.7. The molecule has 3 atom stereocenters. The van der Waals surface area contributed by atoms with E-state index in [1.807, 2.05) is 37.3 Å². The lowest BCUT2D eigenvalue weighted by Gasteiger charge is -2.39. The van der Waals surface area contributed by atoms with E-state index in [4.69, 9.17) is 23.2 Å². The summed E-state index contributed by atoms with van der Waals surface area (Å²) in [5, 5.41) is 8.13. The Labute approximate surface area is 169 Å². The summed E-state index contributed by atoms with van der Waals surface area (Å²) in [6.07, 6.45) is 6.78. The van der Waals surface area contributed by atoms with E-state index in [-0.39, 0.29) is 17.9 Å². The third-order valence-corrected chi connectivity index (χ3v) is 5.98. The average Bonchev–Trinajstić information content (AvgIpc) is 3.13. The molecular formula is C22H22Cl2N2O. The number of fused-ring (bicyclic) bond motifs is 3. The maximum absolute atomic E-state index is 12.2. The fourth-order valence-corrected chi connectivity index (χ4v) is 4.67. The molecular weight excluding hydrogens is 379 g/mol. The zero-order chi connectivity index (χ0) is 19.0. The molecule has 27 heavy (non-hydrogen) atoms. The lowest BCUT2D eigenvalue weighted by molar-refractivity contribution is -0.116. The van der Waals surface area contributed by atoms with Gasteiger partial charge in [-0.25, -0.2) is 0 Å². The first-order valence-corrected chi connectivity index (χ1v) is 10.1. The first-order valence-electron chi connectivity index (χ1n) is 9.39. The second-order valence-corrected chi connectivity index (χ2v) is 8.06. The van der Waals surface area contributed by atoms with Gasteiger partial charge in [0.25, 0.3) is 0 Å². The van der Waals surface area contributed by atoms with Crippen LogP contribution in [0.15, 0.2) is 48.6 Å². The van der Waals surface area contributed by atoms with Crippen molar-refractivity contribution in [2.24, 2.45) is 5.92 Å². The molecule has 0 saturated carbocycles. The van der Waals surface area contributed by atoms with Gasteiger partial charge in [-0.2, -0.15) is 0 Å². The smallest absolute Gasteiger partial charge is 0.224 e. The predicted molar refractivity (Wildman–Crippen MR) is 113 cm³/mol. The molecule has 0 aromatic heterocycles. The summed E-state index contributed by atoms with van der Waals surface area (Å²) in [4.78, 5) is 12.2. The molecule has 4 rings (SSSR count). The number of carbonyl (C=O) groups excluding carboxylic acids is 1. The third kappa shape index (κ3) is 3.46. The van der Waals surface area contributed by atoms with Crippen molar-refractivity contribution in [2.75, 3.05) is 10.6 Å². The van der Waals surface area contributed by atoms with Gasteiger partial charge in [-0.3, -0.25) is 4.79 Å². The summed E-state index contributed by atoms with van der Waals surface area (Å²) in [7, 11) is 0. The summed E-state index contributed by atoms with van der Waals surface area (Å²) in [5.41, 5.74) is 4.00. The number of benzene rings is 2. The molecule has 3 nitrogen and oxygen atoms in total. The van der Waals surface area contributed by atoms with Crippen molar-refractivity contribution in [3.05, 3.63) is 69.7 Å². The minimum atomic E-state index is 0.0394. The fourth-order valence-electron chi connectivity index (χ4n) is 4.25. The number of allylic oxidation sites excluding steroid dienone is 2. The lowest BCUT2D eigenvalue weighted by Crippen LogP contribution is -2.30. The second-order valence-electron chi connectivity index (χ2n) is 7.21. The van der Waals surface area contributed by atoms with Gasteiger partial charge >= 0.3 is 0 Å². The van der Waals surface area contributed by atoms with E-state index in [0.717, 1.165) is 40.4 Å². The molecule has 1 aliphatic heterocycles. The summed E-state index contributed by atoms with van der Waals surface area (Å²) in [6, 6.07) is 11.9. The van der Waals surface area contributed by atoms with Gasteiger partial charge in [0.2, 0.25) is 5.91 Å². The largest absolute Gasteiger partial charge is 0.376 e. The Morgan fingerprint density at radius 3 is 2.89 bits per heavy atom. The van der Waals surface area contributed by atoms with Gasteiger partial charge in [-0.05, 0) is 48.6 Å². The Bertz CT molecular complexity index is 909. The number of amides is 1. The summed E-state index contributed by atoms with van der Waals surface area (Å²) < 4.78 is 0. The lowest BCUT2D eigenvalue weighted by atomic mass is 9.76. The standard InChI is InChI=1S/C22H22Cl2N2O/c1-2-5-19(27)25-18-11-10-17(24)22-20(18)15-8-4-9-16(15)21(26-22)13-6-3-7-14(23)12-13/h3-4,6-8,10-12,15-16,21,26H,2,5,9H2,1H3,(H,25,27). The molecule has 1 heterocycles. The first-order chi connectivity index (χ1) is 13.1. The molecule has 0 saturated heterocycles. The number of hydrogen-bond acceptors (Lipinski definition) is 2. The molecule has 1 amide bonds. The van der Waals surface area contributed by atoms with Crippen LogP contribution in [0.3, 0.4) is 0 Å². The Hall–Kier alpha value is -1.97. The summed E-state index contributed by atoms with van der Waals surface area (Å²) >= 11 is 12.8. The zero-order valence-corrected chi connectivity index (χ0v) is 16.6. The Balaban J connectivity index is 1.77. The van der Waals surface area contributed by atoms with Crippen LogP contribution in [0.1, 0.15) is 49.3 Å². The number of nitrogens with one attached hydrogen (secondary N) is 2. The molecule has 1 aliphatic carbocycles. The molecule has 0 bridgehead atoms. The van der Waals surface area contributed by atoms with Gasteiger partial charge in [-0.1, -0.05) is 54.4 Å². The zero-order valence-electron chi connectivity index (χ0n) is 15.1. The molecule has 5 heteroatoms. The topological polar surface area (TPSA) is 41.1 Å². The number of anilines is 2.